The number of esters is 2. The lowest BCUT2D eigenvalue weighted by atomic mass is 10.1. The molecule has 0 rings (SSSR count). The molecular weight excluding hydrogens is 620 g/mol. The van der Waals surface area contributed by atoms with Crippen molar-refractivity contribution in [1.82, 2.24) is 0 Å². The van der Waals surface area contributed by atoms with Crippen LogP contribution in [0.1, 0.15) is 239 Å². The Balaban J connectivity index is 4.00. The summed E-state index contributed by atoms with van der Waals surface area (Å²) in [5.74, 6) is -0.394. The number of carbonyl (C=O) groups is 2. The van der Waals surface area contributed by atoms with E-state index in [1.165, 1.54) is 167 Å². The summed E-state index contributed by atoms with van der Waals surface area (Å²) in [5, 5.41) is 0. The van der Waals surface area contributed by atoms with Crippen LogP contribution in [-0.2, 0) is 23.8 Å². The predicted molar refractivity (Wildman–Crippen MR) is 215 cm³/mol. The summed E-state index contributed by atoms with van der Waals surface area (Å²) < 4.78 is 17.2. The van der Waals surface area contributed by atoms with Gasteiger partial charge in [-0.15, -0.1) is 0 Å². The van der Waals surface area contributed by atoms with Gasteiger partial charge >= 0.3 is 11.9 Å². The van der Waals surface area contributed by atoms with Gasteiger partial charge in [0.25, 0.3) is 0 Å². The van der Waals surface area contributed by atoms with Crippen LogP contribution >= 0.6 is 0 Å². The van der Waals surface area contributed by atoms with E-state index in [0.717, 1.165) is 38.5 Å². The van der Waals surface area contributed by atoms with Gasteiger partial charge in [-0.1, -0.05) is 193 Å². The number of ether oxygens (including phenoxy) is 3. The minimum atomic E-state index is -0.522. The Bertz CT molecular complexity index is 720. The molecule has 0 bridgehead atoms. The molecular formula is C45H86O5. The van der Waals surface area contributed by atoms with Crippen molar-refractivity contribution >= 4 is 11.9 Å². The van der Waals surface area contributed by atoms with Gasteiger partial charge in [0.1, 0.15) is 6.61 Å². The molecule has 0 saturated heterocycles. The van der Waals surface area contributed by atoms with Crippen LogP contribution in [0.3, 0.4) is 0 Å². The quantitative estimate of drug-likeness (QED) is 0.0360. The molecule has 0 aromatic heterocycles. The molecule has 296 valence electrons. The first kappa shape index (κ1) is 48.6. The molecule has 1 unspecified atom stereocenters. The fourth-order valence-electron chi connectivity index (χ4n) is 6.45. The highest BCUT2D eigenvalue weighted by Crippen LogP contribution is 2.14. The Morgan fingerprint density at radius 2 is 0.780 bits per heavy atom. The Hall–Kier alpha value is -1.36. The third-order valence-corrected chi connectivity index (χ3v) is 9.80. The standard InChI is InChI=1S/C45H86O5/c1-4-7-10-13-16-18-19-20-21-22-23-24-25-26-27-29-30-32-35-38-44(46)49-42-43(41-48-40-37-34-15-12-9-6-3)50-45(47)39-36-33-31-28-17-14-11-8-5-2/h20-21,43H,4-19,22-42H2,1-3H3/b21-20-. The molecule has 1 atom stereocenters. The molecule has 0 spiro atoms. The van der Waals surface area contributed by atoms with Crippen molar-refractivity contribution in [1.29, 1.82) is 0 Å². The average Bonchev–Trinajstić information content (AvgIpc) is 3.11. The van der Waals surface area contributed by atoms with Crippen LogP contribution in [0.25, 0.3) is 0 Å². The van der Waals surface area contributed by atoms with Gasteiger partial charge in [0, 0.05) is 19.4 Å². The number of carbonyl (C=O) groups excluding carboxylic acids is 2. The van der Waals surface area contributed by atoms with Crippen LogP contribution in [0.4, 0.5) is 0 Å². The lowest BCUT2D eigenvalue weighted by Crippen LogP contribution is -2.30. The van der Waals surface area contributed by atoms with E-state index in [2.05, 4.69) is 32.9 Å². The molecule has 0 aliphatic rings. The summed E-state index contributed by atoms with van der Waals surface area (Å²) in [4.78, 5) is 25.0. The molecule has 0 amide bonds. The third kappa shape index (κ3) is 39.4. The van der Waals surface area contributed by atoms with Crippen LogP contribution in [0.15, 0.2) is 12.2 Å². The highest BCUT2D eigenvalue weighted by Gasteiger charge is 2.17. The smallest absolute Gasteiger partial charge is 0.306 e. The first-order valence-electron chi connectivity index (χ1n) is 22.2. The Kier molecular flexibility index (Phi) is 40.9. The molecule has 0 fully saturated rings. The molecule has 5 heteroatoms. The summed E-state index contributed by atoms with van der Waals surface area (Å²) in [7, 11) is 0. The van der Waals surface area contributed by atoms with E-state index in [4.69, 9.17) is 14.2 Å². The molecule has 0 heterocycles. The van der Waals surface area contributed by atoms with E-state index in [-0.39, 0.29) is 18.5 Å². The molecule has 0 N–H and O–H groups in total. The zero-order valence-corrected chi connectivity index (χ0v) is 33.9. The fraction of sp³-hybridized carbons (Fsp3) is 0.911. The summed E-state index contributed by atoms with van der Waals surface area (Å²) in [6.07, 6.45) is 45.1. The van der Waals surface area contributed by atoms with Gasteiger partial charge in [-0.25, -0.2) is 0 Å². The maximum Gasteiger partial charge on any atom is 0.306 e. The minimum Gasteiger partial charge on any atom is -0.462 e. The molecule has 0 aromatic carbocycles. The summed E-state index contributed by atoms with van der Waals surface area (Å²) in [5.41, 5.74) is 0. The van der Waals surface area contributed by atoms with Crippen molar-refractivity contribution in [3.05, 3.63) is 12.2 Å². The van der Waals surface area contributed by atoms with Gasteiger partial charge in [-0.3, -0.25) is 9.59 Å². The lowest BCUT2D eigenvalue weighted by molar-refractivity contribution is -0.163. The number of hydrogen-bond donors (Lipinski definition) is 0. The van der Waals surface area contributed by atoms with Gasteiger partial charge in [0.15, 0.2) is 6.10 Å². The van der Waals surface area contributed by atoms with E-state index in [9.17, 15) is 9.59 Å². The van der Waals surface area contributed by atoms with Gasteiger partial charge in [-0.2, -0.15) is 0 Å². The highest BCUT2D eigenvalue weighted by molar-refractivity contribution is 5.70. The maximum atomic E-state index is 12.6. The van der Waals surface area contributed by atoms with E-state index >= 15 is 0 Å². The molecule has 0 radical (unpaired) electrons. The monoisotopic (exact) mass is 707 g/mol. The number of hydrogen-bond acceptors (Lipinski definition) is 5. The SMILES string of the molecule is CCCCCCCC/C=C\CCCCCCCCCCCC(=O)OCC(COCCCCCCCC)OC(=O)CCCCCCCCCCC. The summed E-state index contributed by atoms with van der Waals surface area (Å²) in [6, 6.07) is 0. The van der Waals surface area contributed by atoms with Crippen LogP contribution in [0.5, 0.6) is 0 Å². The Morgan fingerprint density at radius 3 is 1.22 bits per heavy atom. The second-order valence-corrected chi connectivity index (χ2v) is 15.0. The molecule has 50 heavy (non-hydrogen) atoms. The first-order chi connectivity index (χ1) is 24.6. The second-order valence-electron chi connectivity index (χ2n) is 15.0. The average molecular weight is 707 g/mol. The summed E-state index contributed by atoms with van der Waals surface area (Å²) in [6.45, 7) is 7.80. The van der Waals surface area contributed by atoms with Crippen LogP contribution in [0.2, 0.25) is 0 Å². The van der Waals surface area contributed by atoms with Crippen molar-refractivity contribution < 1.29 is 23.8 Å². The zero-order chi connectivity index (χ0) is 36.4. The molecule has 0 aliphatic heterocycles. The normalized spacial score (nSPS) is 12.1. The van der Waals surface area contributed by atoms with Crippen molar-refractivity contribution in [3.8, 4) is 0 Å². The van der Waals surface area contributed by atoms with Crippen LogP contribution in [-0.4, -0.2) is 37.9 Å². The number of unbranched alkanes of at least 4 members (excludes halogenated alkanes) is 28. The van der Waals surface area contributed by atoms with Gasteiger partial charge in [0.05, 0.1) is 6.61 Å². The van der Waals surface area contributed by atoms with E-state index in [1.54, 1.807) is 0 Å². The van der Waals surface area contributed by atoms with Crippen LogP contribution in [0, 0.1) is 0 Å². The molecule has 0 saturated carbocycles. The van der Waals surface area contributed by atoms with Crippen molar-refractivity contribution in [2.75, 3.05) is 19.8 Å². The second kappa shape index (κ2) is 42.1. The summed E-state index contributed by atoms with van der Waals surface area (Å²) >= 11 is 0. The third-order valence-electron chi connectivity index (χ3n) is 9.80. The fourth-order valence-corrected chi connectivity index (χ4v) is 6.45. The van der Waals surface area contributed by atoms with E-state index in [0.29, 0.717) is 26.1 Å². The Labute approximate surface area is 312 Å². The Morgan fingerprint density at radius 1 is 0.420 bits per heavy atom. The van der Waals surface area contributed by atoms with Crippen molar-refractivity contribution in [3.63, 3.8) is 0 Å². The van der Waals surface area contributed by atoms with E-state index in [1.807, 2.05) is 0 Å². The van der Waals surface area contributed by atoms with Crippen molar-refractivity contribution in [2.45, 2.75) is 245 Å². The van der Waals surface area contributed by atoms with E-state index < -0.39 is 6.10 Å². The zero-order valence-electron chi connectivity index (χ0n) is 33.9. The van der Waals surface area contributed by atoms with Gasteiger partial charge < -0.3 is 14.2 Å². The largest absolute Gasteiger partial charge is 0.462 e. The van der Waals surface area contributed by atoms with Crippen molar-refractivity contribution in [2.24, 2.45) is 0 Å². The van der Waals surface area contributed by atoms with Gasteiger partial charge in [-0.05, 0) is 44.9 Å². The topological polar surface area (TPSA) is 61.8 Å². The van der Waals surface area contributed by atoms with Crippen LogP contribution < -0.4 is 0 Å². The number of rotatable bonds is 41. The first-order valence-corrected chi connectivity index (χ1v) is 22.2. The predicted octanol–water partition coefficient (Wildman–Crippen LogP) is 14.3. The number of allylic oxidation sites excluding steroid dienone is 2. The maximum absolute atomic E-state index is 12.6. The highest BCUT2D eigenvalue weighted by atomic mass is 16.6. The molecule has 5 nitrogen and oxygen atoms in total. The van der Waals surface area contributed by atoms with Gasteiger partial charge in [0.2, 0.25) is 0 Å². The molecule has 0 aromatic rings. The minimum absolute atomic E-state index is 0.0910. The lowest BCUT2D eigenvalue weighted by Gasteiger charge is -2.18. The molecule has 0 aliphatic carbocycles.